The fraction of sp³-hybridized carbons (Fsp3) is 0.643. The lowest BCUT2D eigenvalue weighted by atomic mass is 9.99. The molecule has 1 unspecified atom stereocenters. The Morgan fingerprint density at radius 3 is 3.00 bits per heavy atom. The van der Waals surface area contributed by atoms with Gasteiger partial charge in [-0.15, -0.1) is 22.9 Å². The largest absolute Gasteiger partial charge is 0.334 e. The average Bonchev–Trinajstić information content (AvgIpc) is 3.03. The van der Waals surface area contributed by atoms with E-state index in [2.05, 4.69) is 6.07 Å². The molecule has 1 amide bonds. The summed E-state index contributed by atoms with van der Waals surface area (Å²) in [5.41, 5.74) is 1.41. The van der Waals surface area contributed by atoms with E-state index in [0.717, 1.165) is 37.1 Å². The zero-order valence-electron chi connectivity index (χ0n) is 10.5. The van der Waals surface area contributed by atoms with E-state index in [9.17, 15) is 4.79 Å². The van der Waals surface area contributed by atoms with Crippen molar-refractivity contribution in [2.24, 2.45) is 0 Å². The van der Waals surface area contributed by atoms with Crippen LogP contribution >= 0.6 is 22.9 Å². The van der Waals surface area contributed by atoms with Crippen molar-refractivity contribution in [1.82, 2.24) is 4.90 Å². The maximum absolute atomic E-state index is 12.5. The molecule has 0 bridgehead atoms. The van der Waals surface area contributed by atoms with Gasteiger partial charge in [0.05, 0.1) is 4.88 Å². The van der Waals surface area contributed by atoms with Crippen LogP contribution in [0.1, 0.15) is 45.8 Å². The van der Waals surface area contributed by atoms with Gasteiger partial charge in [0.2, 0.25) is 0 Å². The molecule has 1 aliphatic heterocycles. The molecule has 0 N–H and O–H groups in total. The minimum atomic E-state index is 0.206. The number of nitrogens with zero attached hydrogens (tertiary/aromatic N) is 1. The van der Waals surface area contributed by atoms with Gasteiger partial charge in [-0.05, 0) is 50.2 Å². The first-order valence-electron chi connectivity index (χ1n) is 6.78. The number of rotatable bonds is 2. The van der Waals surface area contributed by atoms with Crippen LogP contribution in [-0.2, 0) is 12.8 Å². The van der Waals surface area contributed by atoms with E-state index >= 15 is 0 Å². The van der Waals surface area contributed by atoms with Crippen LogP contribution in [0.15, 0.2) is 6.07 Å². The highest BCUT2D eigenvalue weighted by Crippen LogP contribution is 2.31. The number of carbonyl (C=O) groups excluding carboxylic acids is 1. The molecule has 0 spiro atoms. The second kappa shape index (κ2) is 5.22. The summed E-state index contributed by atoms with van der Waals surface area (Å²) in [4.78, 5) is 16.9. The number of aryl methyl sites for hydroxylation is 2. The molecule has 1 fully saturated rings. The molecule has 0 saturated carbocycles. The molecule has 1 aliphatic carbocycles. The number of hydrogen-bond acceptors (Lipinski definition) is 2. The van der Waals surface area contributed by atoms with Crippen molar-refractivity contribution in [3.63, 3.8) is 0 Å². The summed E-state index contributed by atoms with van der Waals surface area (Å²) < 4.78 is 0. The summed E-state index contributed by atoms with van der Waals surface area (Å²) in [7, 11) is 0. The molecule has 1 aromatic heterocycles. The van der Waals surface area contributed by atoms with Crippen LogP contribution < -0.4 is 0 Å². The van der Waals surface area contributed by atoms with Crippen LogP contribution in [-0.4, -0.2) is 29.3 Å². The lowest BCUT2D eigenvalue weighted by Crippen LogP contribution is -2.36. The summed E-state index contributed by atoms with van der Waals surface area (Å²) in [6, 6.07) is 2.38. The van der Waals surface area contributed by atoms with Crippen molar-refractivity contribution in [1.29, 1.82) is 0 Å². The minimum absolute atomic E-state index is 0.206. The smallest absolute Gasteiger partial charge is 0.264 e. The predicted molar refractivity (Wildman–Crippen MR) is 75.7 cm³/mol. The Bertz CT molecular complexity index is 433. The molecule has 2 nitrogen and oxygen atoms in total. The Kier molecular flexibility index (Phi) is 3.62. The van der Waals surface area contributed by atoms with Crippen molar-refractivity contribution in [3.8, 4) is 0 Å². The SMILES string of the molecule is O=C(c1cc2c(s1)CCCC2)N1CCCC1CCl. The van der Waals surface area contributed by atoms with Crippen LogP contribution in [0.2, 0.25) is 0 Å². The molecule has 1 atom stereocenters. The summed E-state index contributed by atoms with van der Waals surface area (Å²) in [6.45, 7) is 0.874. The Balaban J connectivity index is 1.81. The van der Waals surface area contributed by atoms with Gasteiger partial charge >= 0.3 is 0 Å². The number of fused-ring (bicyclic) bond motifs is 1. The molecule has 3 rings (SSSR count). The first kappa shape index (κ1) is 12.5. The van der Waals surface area contributed by atoms with Gasteiger partial charge in [-0.1, -0.05) is 0 Å². The number of thiophene rings is 1. The zero-order chi connectivity index (χ0) is 12.5. The maximum atomic E-state index is 12.5. The van der Waals surface area contributed by atoms with E-state index in [1.54, 1.807) is 11.3 Å². The van der Waals surface area contributed by atoms with Crippen LogP contribution in [0, 0.1) is 0 Å². The zero-order valence-corrected chi connectivity index (χ0v) is 12.0. The molecule has 2 aliphatic rings. The van der Waals surface area contributed by atoms with Gasteiger partial charge in [-0.3, -0.25) is 4.79 Å². The quantitative estimate of drug-likeness (QED) is 0.761. The average molecular weight is 284 g/mol. The maximum Gasteiger partial charge on any atom is 0.264 e. The third kappa shape index (κ3) is 2.19. The lowest BCUT2D eigenvalue weighted by Gasteiger charge is -2.22. The molecular formula is C14H18ClNOS. The predicted octanol–water partition coefficient (Wildman–Crippen LogP) is 3.47. The standard InChI is InChI=1S/C14H18ClNOS/c15-9-11-5-3-7-16(11)14(17)13-8-10-4-1-2-6-12(10)18-13/h8,11H,1-7,9H2. The number of likely N-dealkylation sites (tertiary alicyclic amines) is 1. The number of amides is 1. The fourth-order valence-corrected chi connectivity index (χ4v) is 4.53. The van der Waals surface area contributed by atoms with E-state index in [1.165, 1.54) is 23.3 Å². The normalized spacial score (nSPS) is 23.2. The van der Waals surface area contributed by atoms with Crippen LogP contribution in [0.3, 0.4) is 0 Å². The number of hydrogen-bond donors (Lipinski definition) is 0. The summed E-state index contributed by atoms with van der Waals surface area (Å²) in [6.07, 6.45) is 7.00. The van der Waals surface area contributed by atoms with Gasteiger partial charge in [0.25, 0.3) is 5.91 Å². The molecule has 0 radical (unpaired) electrons. The molecule has 0 aromatic carbocycles. The minimum Gasteiger partial charge on any atom is -0.334 e. The topological polar surface area (TPSA) is 20.3 Å². The van der Waals surface area contributed by atoms with Crippen molar-refractivity contribution in [2.75, 3.05) is 12.4 Å². The van der Waals surface area contributed by atoms with E-state index < -0.39 is 0 Å². The Morgan fingerprint density at radius 1 is 1.39 bits per heavy atom. The molecular weight excluding hydrogens is 266 g/mol. The third-order valence-electron chi connectivity index (χ3n) is 4.02. The highest BCUT2D eigenvalue weighted by atomic mass is 35.5. The Labute approximate surface area is 117 Å². The molecule has 1 aromatic rings. The summed E-state index contributed by atoms with van der Waals surface area (Å²) in [5, 5.41) is 0. The summed E-state index contributed by atoms with van der Waals surface area (Å²) >= 11 is 7.65. The number of halogens is 1. The summed E-state index contributed by atoms with van der Waals surface area (Å²) in [5.74, 6) is 0.772. The molecule has 98 valence electrons. The lowest BCUT2D eigenvalue weighted by molar-refractivity contribution is 0.0754. The van der Waals surface area contributed by atoms with E-state index in [1.807, 2.05) is 4.90 Å². The molecule has 2 heterocycles. The number of carbonyl (C=O) groups is 1. The Hall–Kier alpha value is -0.540. The van der Waals surface area contributed by atoms with E-state index in [0.29, 0.717) is 5.88 Å². The highest BCUT2D eigenvalue weighted by molar-refractivity contribution is 7.14. The van der Waals surface area contributed by atoms with Crippen LogP contribution in [0.5, 0.6) is 0 Å². The third-order valence-corrected chi connectivity index (χ3v) is 5.60. The fourth-order valence-electron chi connectivity index (χ4n) is 3.00. The monoisotopic (exact) mass is 283 g/mol. The number of alkyl halides is 1. The van der Waals surface area contributed by atoms with Gasteiger partial charge in [0.15, 0.2) is 0 Å². The van der Waals surface area contributed by atoms with E-state index in [4.69, 9.17) is 11.6 Å². The van der Waals surface area contributed by atoms with Crippen molar-refractivity contribution >= 4 is 28.8 Å². The van der Waals surface area contributed by atoms with Crippen molar-refractivity contribution in [2.45, 2.75) is 44.6 Å². The molecule has 4 heteroatoms. The highest BCUT2D eigenvalue weighted by Gasteiger charge is 2.30. The first-order valence-corrected chi connectivity index (χ1v) is 8.13. The van der Waals surface area contributed by atoms with Crippen LogP contribution in [0.25, 0.3) is 0 Å². The molecule has 18 heavy (non-hydrogen) atoms. The second-order valence-corrected chi connectivity index (χ2v) is 6.66. The van der Waals surface area contributed by atoms with Gasteiger partial charge in [-0.2, -0.15) is 0 Å². The first-order chi connectivity index (χ1) is 8.79. The van der Waals surface area contributed by atoms with Gasteiger partial charge < -0.3 is 4.90 Å². The van der Waals surface area contributed by atoms with Crippen LogP contribution in [0.4, 0.5) is 0 Å². The van der Waals surface area contributed by atoms with Gasteiger partial charge in [0.1, 0.15) is 0 Å². The van der Waals surface area contributed by atoms with E-state index in [-0.39, 0.29) is 11.9 Å². The second-order valence-electron chi connectivity index (χ2n) is 5.22. The van der Waals surface area contributed by atoms with Crippen molar-refractivity contribution < 1.29 is 4.79 Å². The van der Waals surface area contributed by atoms with Gasteiger partial charge in [-0.25, -0.2) is 0 Å². The Morgan fingerprint density at radius 2 is 2.22 bits per heavy atom. The van der Waals surface area contributed by atoms with Gasteiger partial charge in [0, 0.05) is 23.3 Å². The molecule has 1 saturated heterocycles. The van der Waals surface area contributed by atoms with Crippen molar-refractivity contribution in [3.05, 3.63) is 21.4 Å².